The predicted molar refractivity (Wildman–Crippen MR) is 62.8 cm³/mol. The maximum atomic E-state index is 11.7. The molecule has 0 heterocycles. The van der Waals surface area contributed by atoms with Crippen LogP contribution in [0.3, 0.4) is 0 Å². The molecule has 1 amide bonds. The lowest BCUT2D eigenvalue weighted by molar-refractivity contribution is -0.129. The number of carbonyl (C=O) groups is 1. The van der Waals surface area contributed by atoms with Crippen LogP contribution in [0.15, 0.2) is 0 Å². The summed E-state index contributed by atoms with van der Waals surface area (Å²) in [5, 5.41) is 3.35. The lowest BCUT2D eigenvalue weighted by atomic mass is 10.2. The molecule has 1 fully saturated rings. The van der Waals surface area contributed by atoms with Crippen molar-refractivity contribution < 1.29 is 4.79 Å². The van der Waals surface area contributed by atoms with Crippen molar-refractivity contribution in [1.29, 1.82) is 0 Å². The largest absolute Gasteiger partial charge is 0.345 e. The van der Waals surface area contributed by atoms with Crippen molar-refractivity contribution in [1.82, 2.24) is 10.2 Å². The monoisotopic (exact) mass is 212 g/mol. The fourth-order valence-corrected chi connectivity index (χ4v) is 2.02. The molecule has 1 rings (SSSR count). The Hall–Kier alpha value is -0.570. The first-order chi connectivity index (χ1) is 7.24. The number of nitrogens with zero attached hydrogens (tertiary/aromatic N) is 1. The first-order valence-electron chi connectivity index (χ1n) is 6.21. The Kier molecular flexibility index (Phi) is 5.69. The Morgan fingerprint density at radius 3 is 2.67 bits per heavy atom. The van der Waals surface area contributed by atoms with Crippen LogP contribution in [0.5, 0.6) is 0 Å². The molecule has 0 atom stereocenters. The van der Waals surface area contributed by atoms with E-state index in [-0.39, 0.29) is 5.91 Å². The number of nitrogens with one attached hydrogen (secondary N) is 1. The van der Waals surface area contributed by atoms with Crippen LogP contribution in [0.2, 0.25) is 0 Å². The van der Waals surface area contributed by atoms with Gasteiger partial charge in [-0.3, -0.25) is 4.79 Å². The van der Waals surface area contributed by atoms with Crippen LogP contribution in [-0.4, -0.2) is 37.0 Å². The molecule has 0 aromatic heterocycles. The van der Waals surface area contributed by atoms with E-state index >= 15 is 0 Å². The summed E-state index contributed by atoms with van der Waals surface area (Å²) in [6.07, 6.45) is 7.37. The summed E-state index contributed by atoms with van der Waals surface area (Å²) >= 11 is 0. The van der Waals surface area contributed by atoms with Crippen LogP contribution >= 0.6 is 0 Å². The molecule has 3 heteroatoms. The zero-order valence-electron chi connectivity index (χ0n) is 10.1. The minimum atomic E-state index is 0.232. The van der Waals surface area contributed by atoms with E-state index in [1.54, 1.807) is 0 Å². The number of carbonyl (C=O) groups excluding carboxylic acids is 1. The zero-order valence-corrected chi connectivity index (χ0v) is 10.1. The highest BCUT2D eigenvalue weighted by molar-refractivity contribution is 5.77. The zero-order chi connectivity index (χ0) is 11.1. The molecule has 0 aliphatic heterocycles. The van der Waals surface area contributed by atoms with Gasteiger partial charge in [-0.25, -0.2) is 0 Å². The predicted octanol–water partition coefficient (Wildman–Crippen LogP) is 1.78. The quantitative estimate of drug-likeness (QED) is 0.728. The van der Waals surface area contributed by atoms with Crippen molar-refractivity contribution in [3.8, 4) is 0 Å². The highest BCUT2D eigenvalue weighted by atomic mass is 16.2. The molecule has 1 N–H and O–H groups in total. The van der Waals surface area contributed by atoms with Gasteiger partial charge in [0.25, 0.3) is 0 Å². The van der Waals surface area contributed by atoms with E-state index in [0.717, 1.165) is 19.4 Å². The van der Waals surface area contributed by atoms with Crippen molar-refractivity contribution in [2.45, 2.75) is 51.5 Å². The van der Waals surface area contributed by atoms with Gasteiger partial charge in [0.2, 0.25) is 5.91 Å². The average Bonchev–Trinajstić information content (AvgIpc) is 2.75. The molecule has 1 aliphatic carbocycles. The number of amides is 1. The molecule has 0 radical (unpaired) electrons. The van der Waals surface area contributed by atoms with Crippen LogP contribution < -0.4 is 5.32 Å². The van der Waals surface area contributed by atoms with Crippen LogP contribution in [0.1, 0.15) is 45.4 Å². The maximum Gasteiger partial charge on any atom is 0.236 e. The summed E-state index contributed by atoms with van der Waals surface area (Å²) < 4.78 is 0. The number of hydrogen-bond donors (Lipinski definition) is 1. The van der Waals surface area contributed by atoms with Crippen LogP contribution in [0.25, 0.3) is 0 Å². The summed E-state index contributed by atoms with van der Waals surface area (Å²) in [5.41, 5.74) is 0. The molecule has 0 spiro atoms. The molecule has 15 heavy (non-hydrogen) atoms. The summed E-state index contributed by atoms with van der Waals surface area (Å²) in [7, 11) is 1.90. The third kappa shape index (κ3) is 4.65. The van der Waals surface area contributed by atoms with Gasteiger partial charge in [0.15, 0.2) is 0 Å². The lowest BCUT2D eigenvalue weighted by Crippen LogP contribution is -2.39. The standard InChI is InChI=1S/C12H24N2O/c1-3-4-9-14(2)12(15)10-13-11-7-5-6-8-11/h11,13H,3-10H2,1-2H3. The Morgan fingerprint density at radius 2 is 2.07 bits per heavy atom. The van der Waals surface area contributed by atoms with Gasteiger partial charge in [-0.05, 0) is 19.3 Å². The van der Waals surface area contributed by atoms with E-state index in [1.165, 1.54) is 25.7 Å². The number of unbranched alkanes of at least 4 members (excludes halogenated alkanes) is 1. The number of rotatable bonds is 6. The first-order valence-corrected chi connectivity index (χ1v) is 6.21. The minimum Gasteiger partial charge on any atom is -0.345 e. The van der Waals surface area contributed by atoms with Crippen molar-refractivity contribution in [3.63, 3.8) is 0 Å². The van der Waals surface area contributed by atoms with Crippen molar-refractivity contribution in [2.24, 2.45) is 0 Å². The van der Waals surface area contributed by atoms with Gasteiger partial charge in [0.05, 0.1) is 6.54 Å². The van der Waals surface area contributed by atoms with E-state index in [4.69, 9.17) is 0 Å². The molecule has 3 nitrogen and oxygen atoms in total. The van der Waals surface area contributed by atoms with E-state index in [0.29, 0.717) is 12.6 Å². The Bertz CT molecular complexity index is 188. The Morgan fingerprint density at radius 1 is 1.40 bits per heavy atom. The molecule has 1 aliphatic rings. The third-order valence-corrected chi connectivity index (χ3v) is 3.17. The van der Waals surface area contributed by atoms with E-state index in [2.05, 4.69) is 12.2 Å². The molecule has 0 unspecified atom stereocenters. The van der Waals surface area contributed by atoms with Gasteiger partial charge in [0, 0.05) is 19.6 Å². The van der Waals surface area contributed by atoms with Gasteiger partial charge in [0.1, 0.15) is 0 Å². The van der Waals surface area contributed by atoms with Gasteiger partial charge in [-0.1, -0.05) is 26.2 Å². The molecule has 0 aromatic rings. The fourth-order valence-electron chi connectivity index (χ4n) is 2.02. The first kappa shape index (κ1) is 12.5. The Balaban J connectivity index is 2.11. The van der Waals surface area contributed by atoms with Gasteiger partial charge >= 0.3 is 0 Å². The lowest BCUT2D eigenvalue weighted by Gasteiger charge is -2.18. The molecule has 0 saturated heterocycles. The highest BCUT2D eigenvalue weighted by Crippen LogP contribution is 2.17. The molecular formula is C12H24N2O. The van der Waals surface area contributed by atoms with Gasteiger partial charge < -0.3 is 10.2 Å². The van der Waals surface area contributed by atoms with Crippen LogP contribution in [0.4, 0.5) is 0 Å². The topological polar surface area (TPSA) is 32.3 Å². The second kappa shape index (κ2) is 6.83. The molecule has 1 saturated carbocycles. The third-order valence-electron chi connectivity index (χ3n) is 3.17. The van der Waals surface area contributed by atoms with Crippen molar-refractivity contribution in [2.75, 3.05) is 20.1 Å². The maximum absolute atomic E-state index is 11.7. The number of likely N-dealkylation sites (N-methyl/N-ethyl adjacent to an activating group) is 1. The number of hydrogen-bond acceptors (Lipinski definition) is 2. The molecule has 88 valence electrons. The summed E-state index contributed by atoms with van der Waals surface area (Å²) in [6.45, 7) is 3.56. The smallest absolute Gasteiger partial charge is 0.236 e. The average molecular weight is 212 g/mol. The second-order valence-electron chi connectivity index (χ2n) is 4.53. The van der Waals surface area contributed by atoms with Gasteiger partial charge in [-0.15, -0.1) is 0 Å². The fraction of sp³-hybridized carbons (Fsp3) is 0.917. The second-order valence-corrected chi connectivity index (χ2v) is 4.53. The minimum absolute atomic E-state index is 0.232. The van der Waals surface area contributed by atoms with Crippen LogP contribution in [-0.2, 0) is 4.79 Å². The highest BCUT2D eigenvalue weighted by Gasteiger charge is 2.16. The SMILES string of the molecule is CCCCN(C)C(=O)CNC1CCCC1. The van der Waals surface area contributed by atoms with E-state index < -0.39 is 0 Å². The normalized spacial score (nSPS) is 16.9. The van der Waals surface area contributed by atoms with E-state index in [1.807, 2.05) is 11.9 Å². The van der Waals surface area contributed by atoms with E-state index in [9.17, 15) is 4.79 Å². The summed E-state index contributed by atoms with van der Waals surface area (Å²) in [5.74, 6) is 0.232. The summed E-state index contributed by atoms with van der Waals surface area (Å²) in [4.78, 5) is 13.5. The molecule has 0 bridgehead atoms. The summed E-state index contributed by atoms with van der Waals surface area (Å²) in [6, 6.07) is 0.591. The molecular weight excluding hydrogens is 188 g/mol. The van der Waals surface area contributed by atoms with Crippen molar-refractivity contribution >= 4 is 5.91 Å². The van der Waals surface area contributed by atoms with Crippen LogP contribution in [0, 0.1) is 0 Å². The van der Waals surface area contributed by atoms with Crippen molar-refractivity contribution in [3.05, 3.63) is 0 Å². The van der Waals surface area contributed by atoms with Gasteiger partial charge in [-0.2, -0.15) is 0 Å². The molecule has 0 aromatic carbocycles. The Labute approximate surface area is 93.2 Å².